The molecule has 14 heteroatoms. The molecule has 246 valence electrons. The second kappa shape index (κ2) is 12.1. The van der Waals surface area contributed by atoms with Crippen molar-refractivity contribution in [3.8, 4) is 6.07 Å². The minimum absolute atomic E-state index is 0.111. The molecule has 3 N–H and O–H groups in total. The van der Waals surface area contributed by atoms with Crippen LogP contribution in [0.1, 0.15) is 84.0 Å². The van der Waals surface area contributed by atoms with Crippen LogP contribution in [0.4, 0.5) is 4.39 Å². The smallest absolute Gasteiger partial charge is 0.340 e. The molecule has 3 saturated heterocycles. The van der Waals surface area contributed by atoms with Crippen LogP contribution in [0.2, 0.25) is 0 Å². The summed E-state index contributed by atoms with van der Waals surface area (Å²) in [6.07, 6.45) is 8.95. The highest BCUT2D eigenvalue weighted by Crippen LogP contribution is 2.58. The lowest BCUT2D eigenvalue weighted by molar-refractivity contribution is -0.148. The molecule has 3 aromatic rings. The number of benzene rings is 1. The molecular formula is C33H35FN5O6PS. The molecule has 1 saturated carbocycles. The van der Waals surface area contributed by atoms with E-state index >= 15 is 0 Å². The van der Waals surface area contributed by atoms with Crippen molar-refractivity contribution in [3.63, 3.8) is 0 Å². The van der Waals surface area contributed by atoms with E-state index in [2.05, 4.69) is 16.4 Å². The lowest BCUT2D eigenvalue weighted by atomic mass is 9.85. The topological polar surface area (TPSA) is 164 Å². The standard InChI is InChI=1S/C33H35FN5O6PS/c34-29(46(43,44)45)19-7-10-27-21(14-19)15-28(47-27)30(40)37-25-6-2-1-5-22-8-9-26(39(22)31(25)41)32(42)38-18-23(20-4-3-13-36-17-20)24(16-35)33(38)11-12-33/h3-4,7,10,13-15,17,22-26,29H,1-2,5-6,8-9,11-12,18H2,(H,37,40)(H2,43,44,45)/t22-,23-,24-,25?,26-,29+/m0/s1. The van der Waals surface area contributed by atoms with Crippen molar-refractivity contribution in [2.24, 2.45) is 5.92 Å². The van der Waals surface area contributed by atoms with Gasteiger partial charge in [0.15, 0.2) is 0 Å². The summed E-state index contributed by atoms with van der Waals surface area (Å²) in [4.78, 5) is 68.6. The molecule has 1 unspecified atom stereocenters. The highest BCUT2D eigenvalue weighted by molar-refractivity contribution is 7.51. The van der Waals surface area contributed by atoms with E-state index in [4.69, 9.17) is 0 Å². The minimum atomic E-state index is -4.99. The van der Waals surface area contributed by atoms with Crippen molar-refractivity contribution in [2.45, 2.75) is 86.9 Å². The number of hydrogen-bond acceptors (Lipinski definition) is 7. The van der Waals surface area contributed by atoms with E-state index < -0.39 is 37.0 Å². The fourth-order valence-corrected chi connectivity index (χ4v) is 9.48. The van der Waals surface area contributed by atoms with Gasteiger partial charge in [-0.05, 0) is 79.3 Å². The number of thiophene rings is 1. The fourth-order valence-electron chi connectivity index (χ4n) is 7.98. The minimum Gasteiger partial charge on any atom is -0.340 e. The van der Waals surface area contributed by atoms with Gasteiger partial charge in [-0.25, -0.2) is 4.39 Å². The number of nitriles is 1. The molecule has 3 aliphatic heterocycles. The van der Waals surface area contributed by atoms with Crippen molar-refractivity contribution in [2.75, 3.05) is 6.54 Å². The number of alkyl halides is 1. The molecule has 2 aromatic heterocycles. The summed E-state index contributed by atoms with van der Waals surface area (Å²) in [6.45, 7) is 0.400. The van der Waals surface area contributed by atoms with Crippen LogP contribution < -0.4 is 5.32 Å². The average Bonchev–Trinajstić information content (AvgIpc) is 3.40. The number of carbonyl (C=O) groups excluding carboxylic acids is 3. The molecule has 1 aromatic carbocycles. The molecule has 1 aliphatic carbocycles. The normalized spacial score (nSPS) is 27.6. The van der Waals surface area contributed by atoms with Gasteiger partial charge < -0.3 is 24.9 Å². The molecule has 7 rings (SSSR count). The molecule has 4 aliphatic rings. The first kappa shape index (κ1) is 31.9. The van der Waals surface area contributed by atoms with Crippen LogP contribution in [0.3, 0.4) is 0 Å². The highest BCUT2D eigenvalue weighted by atomic mass is 32.1. The SMILES string of the molecule is N#C[C@H]1[C@H](c2cccnc2)CN(C(=O)[C@@H]2CC[C@@H]3CCCCC(NC(=O)c4cc5cc([C@H](F)P(=O)(O)O)ccc5s4)C(=O)N32)C12CC2. The van der Waals surface area contributed by atoms with Crippen LogP contribution in [0.25, 0.3) is 10.1 Å². The Bertz CT molecular complexity index is 1820. The molecule has 47 heavy (non-hydrogen) atoms. The third-order valence-electron chi connectivity index (χ3n) is 10.4. The average molecular weight is 680 g/mol. The molecule has 3 amide bonds. The molecule has 1 spiro atoms. The molecular weight excluding hydrogens is 644 g/mol. The second-order valence-corrected chi connectivity index (χ2v) is 15.9. The Kier molecular flexibility index (Phi) is 8.20. The summed E-state index contributed by atoms with van der Waals surface area (Å²) in [5, 5.41) is 13.6. The Morgan fingerprint density at radius 1 is 1.15 bits per heavy atom. The molecule has 4 fully saturated rings. The van der Waals surface area contributed by atoms with Crippen molar-refractivity contribution >= 4 is 46.7 Å². The number of nitrogens with zero attached hydrogens (tertiary/aromatic N) is 4. The maximum Gasteiger partial charge on any atom is 0.363 e. The zero-order valence-corrected chi connectivity index (χ0v) is 27.2. The van der Waals surface area contributed by atoms with Gasteiger partial charge in [0.1, 0.15) is 12.1 Å². The summed E-state index contributed by atoms with van der Waals surface area (Å²) < 4.78 is 26.4. The van der Waals surface area contributed by atoms with E-state index in [-0.39, 0.29) is 40.1 Å². The predicted octanol–water partition coefficient (Wildman–Crippen LogP) is 4.77. The number of fused-ring (bicyclic) bond motifs is 2. The number of likely N-dealkylation sites (tertiary alicyclic amines) is 1. The van der Waals surface area contributed by atoms with Crippen LogP contribution in [0.15, 0.2) is 48.8 Å². The molecule has 0 bridgehead atoms. The Morgan fingerprint density at radius 2 is 1.94 bits per heavy atom. The van der Waals surface area contributed by atoms with Crippen molar-refractivity contribution in [1.82, 2.24) is 20.1 Å². The molecule has 11 nitrogen and oxygen atoms in total. The second-order valence-electron chi connectivity index (χ2n) is 13.2. The summed E-state index contributed by atoms with van der Waals surface area (Å²) in [5.41, 5.74) is 0.220. The van der Waals surface area contributed by atoms with E-state index in [1.54, 1.807) is 17.3 Å². The van der Waals surface area contributed by atoms with Crippen LogP contribution >= 0.6 is 18.9 Å². The number of amides is 3. The van der Waals surface area contributed by atoms with Gasteiger partial charge in [-0.2, -0.15) is 5.26 Å². The van der Waals surface area contributed by atoms with E-state index in [0.717, 1.165) is 49.0 Å². The van der Waals surface area contributed by atoms with Gasteiger partial charge in [-0.3, -0.25) is 23.9 Å². The molecule has 0 radical (unpaired) electrons. The Balaban J connectivity index is 1.11. The summed E-state index contributed by atoms with van der Waals surface area (Å²) >= 11 is 1.14. The number of carbonyl (C=O) groups is 3. The molecule has 5 heterocycles. The van der Waals surface area contributed by atoms with Gasteiger partial charge in [0, 0.05) is 35.6 Å². The van der Waals surface area contributed by atoms with Gasteiger partial charge in [0.2, 0.25) is 17.7 Å². The largest absolute Gasteiger partial charge is 0.363 e. The first-order chi connectivity index (χ1) is 22.5. The Labute approximate surface area is 274 Å². The monoisotopic (exact) mass is 679 g/mol. The third-order valence-corrected chi connectivity index (χ3v) is 12.4. The van der Waals surface area contributed by atoms with Crippen LogP contribution in [0, 0.1) is 17.2 Å². The summed E-state index contributed by atoms with van der Waals surface area (Å²) in [6, 6.07) is 10.3. The number of aromatic nitrogens is 1. The number of halogens is 1. The van der Waals surface area contributed by atoms with Crippen LogP contribution in [0.5, 0.6) is 0 Å². The highest BCUT2D eigenvalue weighted by Gasteiger charge is 2.64. The number of pyridine rings is 1. The number of nitrogens with one attached hydrogen (secondary N) is 1. The quantitative estimate of drug-likeness (QED) is 0.314. The van der Waals surface area contributed by atoms with Crippen LogP contribution in [-0.4, -0.2) is 72.5 Å². The maximum atomic E-state index is 14.4. The summed E-state index contributed by atoms with van der Waals surface area (Å²) in [5.74, 6) is -3.87. The Hall–Kier alpha value is -3.69. The summed E-state index contributed by atoms with van der Waals surface area (Å²) in [7, 11) is -4.99. The predicted molar refractivity (Wildman–Crippen MR) is 171 cm³/mol. The Morgan fingerprint density at radius 3 is 2.64 bits per heavy atom. The zero-order valence-electron chi connectivity index (χ0n) is 25.5. The zero-order chi connectivity index (χ0) is 33.1. The van der Waals surface area contributed by atoms with Gasteiger partial charge in [0.05, 0.1) is 22.4 Å². The van der Waals surface area contributed by atoms with Crippen LogP contribution in [-0.2, 0) is 14.2 Å². The van der Waals surface area contributed by atoms with Crippen molar-refractivity contribution in [1.29, 1.82) is 5.26 Å². The number of rotatable bonds is 6. The van der Waals surface area contributed by atoms with Crippen molar-refractivity contribution < 1.29 is 33.1 Å². The van der Waals surface area contributed by atoms with Crippen molar-refractivity contribution in [3.05, 3.63) is 64.8 Å². The third kappa shape index (κ3) is 5.65. The van der Waals surface area contributed by atoms with E-state index in [1.165, 1.54) is 24.3 Å². The lowest BCUT2D eigenvalue weighted by Gasteiger charge is -2.37. The lowest BCUT2D eigenvalue weighted by Crippen LogP contribution is -2.57. The maximum absolute atomic E-state index is 14.4. The number of hydrogen-bond donors (Lipinski definition) is 3. The van der Waals surface area contributed by atoms with Gasteiger partial charge >= 0.3 is 7.60 Å². The van der Waals surface area contributed by atoms with Gasteiger partial charge in [-0.1, -0.05) is 25.0 Å². The first-order valence-electron chi connectivity index (χ1n) is 16.0. The fraction of sp³-hybridized carbons (Fsp3) is 0.485. The van der Waals surface area contributed by atoms with E-state index in [0.29, 0.717) is 35.9 Å². The van der Waals surface area contributed by atoms with E-state index in [9.17, 15) is 38.4 Å². The van der Waals surface area contributed by atoms with Gasteiger partial charge in [0.25, 0.3) is 5.91 Å². The first-order valence-corrected chi connectivity index (χ1v) is 18.5. The van der Waals surface area contributed by atoms with E-state index in [1.807, 2.05) is 17.0 Å². The molecule has 6 atom stereocenters. The van der Waals surface area contributed by atoms with Gasteiger partial charge in [-0.15, -0.1) is 11.3 Å².